The summed E-state index contributed by atoms with van der Waals surface area (Å²) < 4.78 is 14.6. The molecule has 2 heterocycles. The number of benzene rings is 3. The van der Waals surface area contributed by atoms with Crippen molar-refractivity contribution in [3.8, 4) is 5.69 Å². The van der Waals surface area contributed by atoms with Gasteiger partial charge in [-0.05, 0) is 58.7 Å². The van der Waals surface area contributed by atoms with E-state index in [2.05, 4.69) is 20.8 Å². The first-order valence-electron chi connectivity index (χ1n) is 15.1. The fraction of sp³-hybridized carbons (Fsp3) is 0.364. The predicted molar refractivity (Wildman–Crippen MR) is 169 cm³/mol. The van der Waals surface area contributed by atoms with Crippen LogP contribution < -0.4 is 5.32 Å². The smallest absolute Gasteiger partial charge is 0.303 e. The first kappa shape index (κ1) is 32.3. The van der Waals surface area contributed by atoms with Gasteiger partial charge in [-0.25, -0.2) is 0 Å². The van der Waals surface area contributed by atoms with E-state index in [0.29, 0.717) is 42.3 Å². The number of carboxylic acids is 1. The summed E-state index contributed by atoms with van der Waals surface area (Å²) in [5.74, 6) is -0.265. The first-order chi connectivity index (χ1) is 22.0. The molecule has 3 atom stereocenters. The van der Waals surface area contributed by atoms with Gasteiger partial charge in [0.2, 0.25) is 11.1 Å². The normalized spacial score (nSPS) is 18.0. The Morgan fingerprint density at radius 1 is 0.889 bits per heavy atom. The summed E-state index contributed by atoms with van der Waals surface area (Å²) in [6.45, 7) is -0.0252. The van der Waals surface area contributed by atoms with Gasteiger partial charge in [0.05, 0.1) is 24.5 Å². The molecule has 0 bridgehead atoms. The highest BCUT2D eigenvalue weighted by Gasteiger charge is 2.32. The number of nitrogens with one attached hydrogen (secondary N) is 1. The molecule has 0 spiro atoms. The molecule has 1 aliphatic heterocycles. The van der Waals surface area contributed by atoms with Crippen LogP contribution in [0.15, 0.2) is 84.0 Å². The number of tetrazole rings is 1. The summed E-state index contributed by atoms with van der Waals surface area (Å²) in [7, 11) is 0. The fourth-order valence-corrected chi connectivity index (χ4v) is 5.96. The Morgan fingerprint density at radius 2 is 1.60 bits per heavy atom. The lowest BCUT2D eigenvalue weighted by atomic mass is 10.0. The highest BCUT2D eigenvalue weighted by atomic mass is 32.2. The number of amides is 1. The molecule has 12 heteroatoms. The van der Waals surface area contributed by atoms with E-state index in [0.717, 1.165) is 35.2 Å². The number of aliphatic carboxylic acids is 1. The Hall–Kier alpha value is -4.10. The molecule has 0 unspecified atom stereocenters. The minimum Gasteiger partial charge on any atom is -0.481 e. The predicted octanol–water partition coefficient (Wildman–Crippen LogP) is 5.86. The number of aliphatic hydroxyl groups excluding tert-OH is 1. The maximum absolute atomic E-state index is 12.4. The second-order valence-electron chi connectivity index (χ2n) is 10.8. The van der Waals surface area contributed by atoms with Crippen molar-refractivity contribution >= 4 is 29.3 Å². The SMILES string of the molecule is O=C(O)CCCCCCC(=O)Nc1ccc([C@@H]2O[C@H](CSc3nnnn3-c3ccccc3)C[C@H](c3ccc(CO)cc3)O2)cc1. The van der Waals surface area contributed by atoms with Crippen LogP contribution in [0, 0.1) is 0 Å². The number of carboxylic acid groups (broad SMARTS) is 1. The molecule has 1 amide bonds. The summed E-state index contributed by atoms with van der Waals surface area (Å²) >= 11 is 1.52. The van der Waals surface area contributed by atoms with Crippen molar-refractivity contribution < 1.29 is 29.3 Å². The van der Waals surface area contributed by atoms with Crippen LogP contribution in [-0.2, 0) is 25.7 Å². The molecule has 3 N–H and O–H groups in total. The number of para-hydroxylation sites is 1. The molecular weight excluding hydrogens is 594 g/mol. The largest absolute Gasteiger partial charge is 0.481 e. The molecular formula is C33H37N5O6S. The number of carbonyl (C=O) groups excluding carboxylic acids is 1. The number of aliphatic hydroxyl groups is 1. The van der Waals surface area contributed by atoms with E-state index in [9.17, 15) is 14.7 Å². The van der Waals surface area contributed by atoms with Crippen LogP contribution in [-0.4, -0.2) is 54.2 Å². The van der Waals surface area contributed by atoms with Gasteiger partial charge in [0.1, 0.15) is 0 Å². The Balaban J connectivity index is 1.22. The summed E-state index contributed by atoms with van der Waals surface area (Å²) in [5.41, 5.74) is 4.21. The van der Waals surface area contributed by atoms with Crippen LogP contribution in [0.3, 0.4) is 0 Å². The number of thioether (sulfide) groups is 1. The van der Waals surface area contributed by atoms with E-state index >= 15 is 0 Å². The van der Waals surface area contributed by atoms with Gasteiger partial charge in [0.25, 0.3) is 0 Å². The van der Waals surface area contributed by atoms with Crippen molar-refractivity contribution in [1.82, 2.24) is 20.2 Å². The average molecular weight is 632 g/mol. The Labute approximate surface area is 266 Å². The summed E-state index contributed by atoms with van der Waals surface area (Å²) in [4.78, 5) is 23.0. The molecule has 0 radical (unpaired) electrons. The van der Waals surface area contributed by atoms with Gasteiger partial charge in [-0.2, -0.15) is 4.68 Å². The fourth-order valence-electron chi connectivity index (χ4n) is 5.05. The van der Waals surface area contributed by atoms with Crippen molar-refractivity contribution in [2.24, 2.45) is 0 Å². The molecule has 1 aliphatic rings. The molecule has 5 rings (SSSR count). The zero-order chi connectivity index (χ0) is 31.4. The zero-order valence-electron chi connectivity index (χ0n) is 24.8. The molecule has 1 fully saturated rings. The lowest BCUT2D eigenvalue weighted by molar-refractivity contribution is -0.245. The maximum Gasteiger partial charge on any atom is 0.303 e. The van der Waals surface area contributed by atoms with Crippen molar-refractivity contribution in [2.45, 2.75) is 75.2 Å². The van der Waals surface area contributed by atoms with E-state index in [-0.39, 0.29) is 31.1 Å². The third-order valence-electron chi connectivity index (χ3n) is 7.47. The minimum absolute atomic E-state index is 0.0252. The van der Waals surface area contributed by atoms with Crippen LogP contribution in [0.5, 0.6) is 0 Å². The number of carbonyl (C=O) groups is 2. The van der Waals surface area contributed by atoms with Crippen molar-refractivity contribution in [3.05, 3.63) is 95.6 Å². The van der Waals surface area contributed by atoms with Gasteiger partial charge < -0.3 is 25.0 Å². The lowest BCUT2D eigenvalue weighted by Crippen LogP contribution is -2.31. The van der Waals surface area contributed by atoms with Crippen LogP contribution >= 0.6 is 11.8 Å². The zero-order valence-corrected chi connectivity index (χ0v) is 25.6. The maximum atomic E-state index is 12.4. The average Bonchev–Trinajstić information content (AvgIpc) is 3.55. The van der Waals surface area contributed by atoms with Gasteiger partial charge in [-0.3, -0.25) is 9.59 Å². The molecule has 3 aromatic carbocycles. The summed E-state index contributed by atoms with van der Waals surface area (Å²) in [5, 5.41) is 34.1. The topological polar surface area (TPSA) is 149 Å². The van der Waals surface area contributed by atoms with E-state index in [1.807, 2.05) is 78.9 Å². The van der Waals surface area contributed by atoms with Crippen molar-refractivity contribution in [3.63, 3.8) is 0 Å². The lowest BCUT2D eigenvalue weighted by Gasteiger charge is -2.36. The van der Waals surface area contributed by atoms with E-state index in [4.69, 9.17) is 14.6 Å². The Morgan fingerprint density at radius 3 is 2.31 bits per heavy atom. The number of unbranched alkanes of at least 4 members (excludes halogenated alkanes) is 3. The number of aromatic nitrogens is 4. The third kappa shape index (κ3) is 9.44. The van der Waals surface area contributed by atoms with Gasteiger partial charge in [-0.15, -0.1) is 5.10 Å². The number of nitrogens with zero attached hydrogens (tertiary/aromatic N) is 4. The molecule has 0 aliphatic carbocycles. The first-order valence-corrected chi connectivity index (χ1v) is 16.1. The number of hydrogen-bond acceptors (Lipinski definition) is 9. The Bertz CT molecular complexity index is 1520. The molecule has 1 aromatic heterocycles. The van der Waals surface area contributed by atoms with Gasteiger partial charge in [0.15, 0.2) is 6.29 Å². The molecule has 1 saturated heterocycles. The minimum atomic E-state index is -0.788. The van der Waals surface area contributed by atoms with Crippen LogP contribution in [0.1, 0.15) is 74.0 Å². The molecule has 0 saturated carbocycles. The number of hydrogen-bond donors (Lipinski definition) is 3. The van der Waals surface area contributed by atoms with Crippen molar-refractivity contribution in [1.29, 1.82) is 0 Å². The number of ether oxygens (including phenoxy) is 2. The van der Waals surface area contributed by atoms with E-state index in [1.54, 1.807) is 4.68 Å². The molecule has 11 nitrogen and oxygen atoms in total. The number of anilines is 1. The van der Waals surface area contributed by atoms with Crippen LogP contribution in [0.2, 0.25) is 0 Å². The monoisotopic (exact) mass is 631 g/mol. The van der Waals surface area contributed by atoms with Crippen LogP contribution in [0.4, 0.5) is 5.69 Å². The quantitative estimate of drug-likeness (QED) is 0.108. The van der Waals surface area contributed by atoms with Crippen molar-refractivity contribution in [2.75, 3.05) is 11.1 Å². The van der Waals surface area contributed by atoms with E-state index < -0.39 is 12.3 Å². The molecule has 45 heavy (non-hydrogen) atoms. The standard InChI is InChI=1S/C33H37N5O6S/c39-21-23-12-14-24(15-13-23)29-20-28(22-45-33-35-36-37-38(33)27-8-4-3-5-9-27)43-32(44-29)25-16-18-26(19-17-25)34-30(40)10-6-1-2-7-11-31(41)42/h3-5,8-9,12-19,28-29,32,39H,1-2,6-7,10-11,20-22H2,(H,34,40)(H,41,42)/t28-,29+,32+/m0/s1. The van der Waals surface area contributed by atoms with Crippen LogP contribution in [0.25, 0.3) is 5.69 Å². The van der Waals surface area contributed by atoms with Gasteiger partial charge in [0, 0.05) is 36.3 Å². The highest BCUT2D eigenvalue weighted by molar-refractivity contribution is 7.99. The third-order valence-corrected chi connectivity index (χ3v) is 8.52. The Kier molecular flexibility index (Phi) is 11.7. The van der Waals surface area contributed by atoms with Gasteiger partial charge in [-0.1, -0.05) is 79.2 Å². The highest BCUT2D eigenvalue weighted by Crippen LogP contribution is 2.39. The molecule has 4 aromatic rings. The molecule has 236 valence electrons. The summed E-state index contributed by atoms with van der Waals surface area (Å²) in [6, 6.07) is 24.9. The van der Waals surface area contributed by atoms with E-state index in [1.165, 1.54) is 11.8 Å². The van der Waals surface area contributed by atoms with Gasteiger partial charge >= 0.3 is 5.97 Å². The summed E-state index contributed by atoms with van der Waals surface area (Å²) in [6.07, 6.45) is 3.09. The second-order valence-corrected chi connectivity index (χ2v) is 11.8. The second kappa shape index (κ2) is 16.3. The number of rotatable bonds is 15.